The average Bonchev–Trinajstić information content (AvgIpc) is 3.28. The third-order valence-corrected chi connectivity index (χ3v) is 5.32. The molecular formula is C19H24N2O4. The second-order valence-electron chi connectivity index (χ2n) is 6.80. The molecule has 25 heavy (non-hydrogen) atoms. The molecule has 2 fully saturated rings. The molecule has 0 radical (unpaired) electrons. The summed E-state index contributed by atoms with van der Waals surface area (Å²) in [6.45, 7) is 3.46. The van der Waals surface area contributed by atoms with Gasteiger partial charge in [-0.25, -0.2) is 4.79 Å². The number of aryl methyl sites for hydroxylation is 1. The highest BCUT2D eigenvalue weighted by atomic mass is 16.7. The minimum atomic E-state index is -0.808. The lowest BCUT2D eigenvalue weighted by atomic mass is 9.89. The van der Waals surface area contributed by atoms with E-state index in [1.54, 1.807) is 0 Å². The second kappa shape index (κ2) is 7.06. The summed E-state index contributed by atoms with van der Waals surface area (Å²) in [6, 6.07) is 8.47. The van der Waals surface area contributed by atoms with Crippen molar-refractivity contribution in [1.82, 2.24) is 9.47 Å². The van der Waals surface area contributed by atoms with Crippen molar-refractivity contribution in [3.05, 3.63) is 36.0 Å². The molecular weight excluding hydrogens is 320 g/mol. The van der Waals surface area contributed by atoms with Crippen molar-refractivity contribution >= 4 is 17.0 Å². The molecule has 0 aliphatic carbocycles. The number of hydrogen-bond acceptors (Lipinski definition) is 3. The number of para-hydroxylation sites is 1. The molecule has 0 spiro atoms. The van der Waals surface area contributed by atoms with E-state index < -0.39 is 6.09 Å². The zero-order chi connectivity index (χ0) is 17.2. The quantitative estimate of drug-likeness (QED) is 0.925. The van der Waals surface area contributed by atoms with Crippen LogP contribution in [0.25, 0.3) is 10.9 Å². The van der Waals surface area contributed by atoms with E-state index in [1.807, 2.05) is 0 Å². The number of fused-ring (bicyclic) bond motifs is 1. The maximum Gasteiger partial charge on any atom is 0.407 e. The summed E-state index contributed by atoms with van der Waals surface area (Å²) in [6.07, 6.45) is 3.96. The molecule has 134 valence electrons. The Balaban J connectivity index is 1.54. The fourth-order valence-electron chi connectivity index (χ4n) is 3.99. The molecule has 6 nitrogen and oxygen atoms in total. The van der Waals surface area contributed by atoms with Gasteiger partial charge in [0.1, 0.15) is 0 Å². The van der Waals surface area contributed by atoms with E-state index in [4.69, 9.17) is 14.6 Å². The van der Waals surface area contributed by atoms with Crippen LogP contribution >= 0.6 is 0 Å². The summed E-state index contributed by atoms with van der Waals surface area (Å²) in [4.78, 5) is 12.6. The standard InChI is InChI=1S/C19H24N2O4/c22-19(23)20-8-5-14(6-9-20)16-13-21(10-7-18-24-11-12-25-18)17-4-2-1-3-15(16)17/h1-4,13-14,18H,5-12H2,(H,22,23). The number of ether oxygens (including phenoxy) is 2. The fourth-order valence-corrected chi connectivity index (χ4v) is 3.99. The summed E-state index contributed by atoms with van der Waals surface area (Å²) in [5.74, 6) is 0.417. The molecule has 1 N–H and O–H groups in total. The summed E-state index contributed by atoms with van der Waals surface area (Å²) >= 11 is 0. The second-order valence-corrected chi connectivity index (χ2v) is 6.80. The summed E-state index contributed by atoms with van der Waals surface area (Å²) in [5, 5.41) is 10.4. The Bertz CT molecular complexity index is 743. The molecule has 6 heteroatoms. The van der Waals surface area contributed by atoms with Crippen LogP contribution < -0.4 is 0 Å². The maximum atomic E-state index is 11.1. The van der Waals surface area contributed by atoms with Crippen LogP contribution in [0.1, 0.15) is 30.7 Å². The Morgan fingerprint density at radius 1 is 1.16 bits per heavy atom. The van der Waals surface area contributed by atoms with Gasteiger partial charge in [-0.2, -0.15) is 0 Å². The van der Waals surface area contributed by atoms with Crippen molar-refractivity contribution < 1.29 is 19.4 Å². The topological polar surface area (TPSA) is 63.9 Å². The Kier molecular flexibility index (Phi) is 4.63. The van der Waals surface area contributed by atoms with Crippen LogP contribution in [-0.2, 0) is 16.0 Å². The first kappa shape index (κ1) is 16.4. The summed E-state index contributed by atoms with van der Waals surface area (Å²) in [7, 11) is 0. The lowest BCUT2D eigenvalue weighted by Crippen LogP contribution is -2.36. The molecule has 2 saturated heterocycles. The maximum absolute atomic E-state index is 11.1. The molecule has 2 aromatic rings. The normalized spacial score (nSPS) is 19.8. The smallest absolute Gasteiger partial charge is 0.407 e. The van der Waals surface area contributed by atoms with Crippen molar-refractivity contribution in [2.75, 3.05) is 26.3 Å². The molecule has 0 unspecified atom stereocenters. The first-order chi connectivity index (χ1) is 12.2. The summed E-state index contributed by atoms with van der Waals surface area (Å²) in [5.41, 5.74) is 2.57. The van der Waals surface area contributed by atoms with Gasteiger partial charge in [0.05, 0.1) is 13.2 Å². The minimum Gasteiger partial charge on any atom is -0.465 e. The summed E-state index contributed by atoms with van der Waals surface area (Å²) < 4.78 is 13.4. The van der Waals surface area contributed by atoms with Gasteiger partial charge >= 0.3 is 6.09 Å². The number of carboxylic acid groups (broad SMARTS) is 1. The lowest BCUT2D eigenvalue weighted by Gasteiger charge is -2.29. The van der Waals surface area contributed by atoms with Gasteiger partial charge in [-0.15, -0.1) is 0 Å². The Hall–Kier alpha value is -2.05. The van der Waals surface area contributed by atoms with Crippen LogP contribution in [0.5, 0.6) is 0 Å². The molecule has 1 aromatic heterocycles. The van der Waals surface area contributed by atoms with Gasteiger partial charge in [-0.05, 0) is 30.4 Å². The fraction of sp³-hybridized carbons (Fsp3) is 0.526. The van der Waals surface area contributed by atoms with Crippen molar-refractivity contribution in [3.8, 4) is 0 Å². The van der Waals surface area contributed by atoms with E-state index in [0.717, 1.165) is 25.8 Å². The van der Waals surface area contributed by atoms with E-state index in [9.17, 15) is 4.79 Å². The zero-order valence-corrected chi connectivity index (χ0v) is 14.3. The van der Waals surface area contributed by atoms with Crippen molar-refractivity contribution in [2.45, 2.75) is 38.0 Å². The number of carbonyl (C=O) groups is 1. The van der Waals surface area contributed by atoms with E-state index in [2.05, 4.69) is 35.0 Å². The molecule has 1 amide bonds. The highest BCUT2D eigenvalue weighted by Crippen LogP contribution is 2.34. The van der Waals surface area contributed by atoms with Gasteiger partial charge < -0.3 is 24.0 Å². The third-order valence-electron chi connectivity index (χ3n) is 5.32. The predicted molar refractivity (Wildman–Crippen MR) is 93.8 cm³/mol. The molecule has 1 aromatic carbocycles. The SMILES string of the molecule is O=C(O)N1CCC(c2cn(CCC3OCCO3)c3ccccc23)CC1. The Morgan fingerprint density at radius 2 is 1.88 bits per heavy atom. The zero-order valence-electron chi connectivity index (χ0n) is 14.3. The number of benzene rings is 1. The molecule has 0 atom stereocenters. The van der Waals surface area contributed by atoms with E-state index in [0.29, 0.717) is 32.2 Å². The van der Waals surface area contributed by atoms with Crippen molar-refractivity contribution in [1.29, 1.82) is 0 Å². The van der Waals surface area contributed by atoms with Crippen LogP contribution in [0, 0.1) is 0 Å². The molecule has 4 rings (SSSR count). The van der Waals surface area contributed by atoms with Gasteiger partial charge in [0.2, 0.25) is 0 Å². The largest absolute Gasteiger partial charge is 0.465 e. The molecule has 0 bridgehead atoms. The van der Waals surface area contributed by atoms with Crippen molar-refractivity contribution in [2.24, 2.45) is 0 Å². The number of likely N-dealkylation sites (tertiary alicyclic amines) is 1. The van der Waals surface area contributed by atoms with Gasteiger partial charge in [-0.1, -0.05) is 18.2 Å². The van der Waals surface area contributed by atoms with Crippen LogP contribution in [0.3, 0.4) is 0 Å². The molecule has 0 saturated carbocycles. The number of amides is 1. The number of rotatable bonds is 4. The van der Waals surface area contributed by atoms with Gasteiger partial charge in [0.15, 0.2) is 6.29 Å². The predicted octanol–water partition coefficient (Wildman–Crippen LogP) is 3.26. The first-order valence-electron chi connectivity index (χ1n) is 9.01. The van der Waals surface area contributed by atoms with Crippen molar-refractivity contribution in [3.63, 3.8) is 0 Å². The van der Waals surface area contributed by atoms with E-state index in [-0.39, 0.29) is 6.29 Å². The third kappa shape index (κ3) is 3.37. The number of hydrogen-bond donors (Lipinski definition) is 1. The minimum absolute atomic E-state index is 0.0941. The van der Waals surface area contributed by atoms with Gasteiger partial charge in [0, 0.05) is 43.2 Å². The van der Waals surface area contributed by atoms with Crippen LogP contribution in [0.15, 0.2) is 30.5 Å². The van der Waals surface area contributed by atoms with E-state index >= 15 is 0 Å². The van der Waals surface area contributed by atoms with Gasteiger partial charge in [0.25, 0.3) is 0 Å². The number of piperidine rings is 1. The van der Waals surface area contributed by atoms with Crippen LogP contribution in [-0.4, -0.2) is 53.3 Å². The Labute approximate surface area is 146 Å². The number of aromatic nitrogens is 1. The molecule has 2 aliphatic rings. The number of nitrogens with zero attached hydrogens (tertiary/aromatic N) is 2. The molecule has 2 aliphatic heterocycles. The van der Waals surface area contributed by atoms with Crippen LogP contribution in [0.2, 0.25) is 0 Å². The highest BCUT2D eigenvalue weighted by Gasteiger charge is 2.26. The molecule has 3 heterocycles. The highest BCUT2D eigenvalue weighted by molar-refractivity contribution is 5.84. The Morgan fingerprint density at radius 3 is 2.60 bits per heavy atom. The van der Waals surface area contributed by atoms with Crippen LogP contribution in [0.4, 0.5) is 4.79 Å². The first-order valence-corrected chi connectivity index (χ1v) is 9.01. The lowest BCUT2D eigenvalue weighted by molar-refractivity contribution is -0.0488. The van der Waals surface area contributed by atoms with E-state index in [1.165, 1.54) is 21.4 Å². The average molecular weight is 344 g/mol. The monoisotopic (exact) mass is 344 g/mol. The van der Waals surface area contributed by atoms with Gasteiger partial charge in [-0.3, -0.25) is 0 Å².